The fourth-order valence-electron chi connectivity index (χ4n) is 2.65. The Hall–Kier alpha value is -3.41. The van der Waals surface area contributed by atoms with E-state index in [9.17, 15) is 8.78 Å². The summed E-state index contributed by atoms with van der Waals surface area (Å²) in [5.41, 5.74) is 2.63. The van der Waals surface area contributed by atoms with Gasteiger partial charge in [0.25, 0.3) is 0 Å². The molecule has 2 heterocycles. The van der Waals surface area contributed by atoms with E-state index in [-0.39, 0.29) is 11.3 Å². The predicted molar refractivity (Wildman–Crippen MR) is 95.9 cm³/mol. The molecule has 0 unspecified atom stereocenters. The summed E-state index contributed by atoms with van der Waals surface area (Å²) in [5, 5.41) is 8.50. The van der Waals surface area contributed by atoms with Gasteiger partial charge in [-0.15, -0.1) is 10.2 Å². The molecular weight excluding hydrogens is 334 g/mol. The number of aromatic nitrogens is 2. The number of aryl methyl sites for hydroxylation is 1. The molecule has 0 aliphatic rings. The fraction of sp³-hybridized carbons (Fsp3) is 0.0500. The average molecular weight is 348 g/mol. The number of halogens is 2. The lowest BCUT2D eigenvalue weighted by Crippen LogP contribution is -1.87. The van der Waals surface area contributed by atoms with Crippen LogP contribution in [-0.4, -0.2) is 9.38 Å². The van der Waals surface area contributed by atoms with Crippen molar-refractivity contribution in [1.82, 2.24) is 9.38 Å². The largest absolute Gasteiger partial charge is 0.283 e. The third kappa shape index (κ3) is 2.97. The lowest BCUT2D eigenvalue weighted by atomic mass is 10.1. The van der Waals surface area contributed by atoms with Crippen molar-refractivity contribution in [3.8, 4) is 11.3 Å². The maximum absolute atomic E-state index is 14.3. The van der Waals surface area contributed by atoms with E-state index in [4.69, 9.17) is 0 Å². The number of hydrogen-bond donors (Lipinski definition) is 0. The minimum absolute atomic E-state index is 0.0477. The highest BCUT2D eigenvalue weighted by Gasteiger charge is 2.17. The first kappa shape index (κ1) is 16.1. The second-order valence-electron chi connectivity index (χ2n) is 5.87. The second-order valence-corrected chi connectivity index (χ2v) is 5.87. The van der Waals surface area contributed by atoms with Crippen LogP contribution in [0.3, 0.4) is 0 Å². The Balaban J connectivity index is 1.89. The molecule has 6 heteroatoms. The molecule has 2 aromatic carbocycles. The van der Waals surface area contributed by atoms with Crippen LogP contribution in [0.1, 0.15) is 5.56 Å². The molecule has 4 nitrogen and oxygen atoms in total. The van der Waals surface area contributed by atoms with Gasteiger partial charge in [-0.3, -0.25) is 4.40 Å². The molecule has 0 radical (unpaired) electrons. The molecule has 0 saturated carbocycles. The lowest BCUT2D eigenvalue weighted by molar-refractivity contribution is 0.603. The van der Waals surface area contributed by atoms with Crippen molar-refractivity contribution < 1.29 is 8.78 Å². The molecule has 0 aliphatic heterocycles. The lowest BCUT2D eigenvalue weighted by Gasteiger charge is -2.02. The van der Waals surface area contributed by atoms with Crippen LogP contribution in [0, 0.1) is 18.6 Å². The summed E-state index contributed by atoms with van der Waals surface area (Å²) >= 11 is 0. The highest BCUT2D eigenvalue weighted by atomic mass is 19.1. The summed E-state index contributed by atoms with van der Waals surface area (Å²) in [7, 11) is 0. The van der Waals surface area contributed by atoms with E-state index in [1.165, 1.54) is 0 Å². The van der Waals surface area contributed by atoms with Crippen molar-refractivity contribution >= 4 is 17.2 Å². The Kier molecular flexibility index (Phi) is 4.01. The smallest absolute Gasteiger partial charge is 0.187 e. The molecule has 0 aliphatic carbocycles. The van der Waals surface area contributed by atoms with E-state index < -0.39 is 11.6 Å². The van der Waals surface area contributed by atoms with Crippen LogP contribution >= 0.6 is 0 Å². The Morgan fingerprint density at radius 2 is 1.73 bits per heavy atom. The molecule has 0 N–H and O–H groups in total. The fourth-order valence-corrected chi connectivity index (χ4v) is 2.65. The van der Waals surface area contributed by atoms with Crippen LogP contribution in [0.15, 0.2) is 77.1 Å². The van der Waals surface area contributed by atoms with Gasteiger partial charge < -0.3 is 0 Å². The van der Waals surface area contributed by atoms with Crippen molar-refractivity contribution in [2.24, 2.45) is 10.2 Å². The SMILES string of the molecule is Cc1ccc(N=Nc2c(-c3cc(F)ccc3F)nc3ccccn23)cc1. The molecule has 0 spiro atoms. The summed E-state index contributed by atoms with van der Waals surface area (Å²) in [6.07, 6.45) is 1.76. The normalized spacial score (nSPS) is 11.5. The molecule has 4 aromatic rings. The first-order valence-corrected chi connectivity index (χ1v) is 8.03. The minimum atomic E-state index is -0.568. The van der Waals surface area contributed by atoms with Gasteiger partial charge in [-0.1, -0.05) is 23.8 Å². The Labute approximate surface area is 148 Å². The van der Waals surface area contributed by atoms with E-state index in [2.05, 4.69) is 15.2 Å². The van der Waals surface area contributed by atoms with Gasteiger partial charge in [-0.05, 0) is 49.4 Å². The number of fused-ring (bicyclic) bond motifs is 1. The van der Waals surface area contributed by atoms with Crippen molar-refractivity contribution in [2.75, 3.05) is 0 Å². The first-order chi connectivity index (χ1) is 12.6. The summed E-state index contributed by atoms with van der Waals surface area (Å²) in [6, 6.07) is 16.2. The second kappa shape index (κ2) is 6.48. The van der Waals surface area contributed by atoms with E-state index >= 15 is 0 Å². The van der Waals surface area contributed by atoms with Crippen molar-refractivity contribution in [3.05, 3.63) is 84.1 Å². The number of benzene rings is 2. The van der Waals surface area contributed by atoms with Gasteiger partial charge in [0.05, 0.1) is 5.69 Å². The molecule has 4 rings (SSSR count). The number of rotatable bonds is 3. The molecule has 0 saturated heterocycles. The molecule has 0 atom stereocenters. The van der Waals surface area contributed by atoms with Crippen molar-refractivity contribution in [2.45, 2.75) is 6.92 Å². The van der Waals surface area contributed by atoms with Crippen LogP contribution in [0.25, 0.3) is 16.9 Å². The molecule has 128 valence electrons. The quantitative estimate of drug-likeness (QED) is 0.418. The summed E-state index contributed by atoms with van der Waals surface area (Å²) in [6.45, 7) is 1.98. The Morgan fingerprint density at radius 1 is 0.923 bits per heavy atom. The third-order valence-electron chi connectivity index (χ3n) is 3.98. The molecular formula is C20H14F2N4. The standard InChI is InChI=1S/C20H14F2N4/c1-13-5-8-15(9-6-13)24-25-20-19(16-12-14(21)7-10-17(16)22)23-18-4-2-3-11-26(18)20/h2-12H,1H3. The maximum atomic E-state index is 14.3. The third-order valence-corrected chi connectivity index (χ3v) is 3.98. The van der Waals surface area contributed by atoms with E-state index in [0.717, 1.165) is 23.8 Å². The molecule has 26 heavy (non-hydrogen) atoms. The van der Waals surface area contributed by atoms with Crippen LogP contribution in [-0.2, 0) is 0 Å². The van der Waals surface area contributed by atoms with Crippen LogP contribution in [0.4, 0.5) is 20.3 Å². The van der Waals surface area contributed by atoms with Crippen molar-refractivity contribution in [1.29, 1.82) is 0 Å². The number of azo groups is 1. The highest BCUT2D eigenvalue weighted by Crippen LogP contribution is 2.34. The Morgan fingerprint density at radius 3 is 2.54 bits per heavy atom. The van der Waals surface area contributed by atoms with E-state index in [1.807, 2.05) is 43.3 Å². The van der Waals surface area contributed by atoms with Gasteiger partial charge in [-0.2, -0.15) is 0 Å². The van der Waals surface area contributed by atoms with Crippen LogP contribution in [0.5, 0.6) is 0 Å². The zero-order chi connectivity index (χ0) is 18.1. The molecule has 0 bridgehead atoms. The zero-order valence-corrected chi connectivity index (χ0v) is 13.9. The topological polar surface area (TPSA) is 42.0 Å². The minimum Gasteiger partial charge on any atom is -0.283 e. The number of hydrogen-bond acceptors (Lipinski definition) is 3. The molecule has 0 amide bonds. The van der Waals surface area contributed by atoms with E-state index in [0.29, 0.717) is 17.2 Å². The maximum Gasteiger partial charge on any atom is 0.187 e. The predicted octanol–water partition coefficient (Wildman–Crippen LogP) is 6.00. The molecule has 0 fully saturated rings. The van der Waals surface area contributed by atoms with Gasteiger partial charge in [0.15, 0.2) is 5.82 Å². The summed E-state index contributed by atoms with van der Waals surface area (Å²) in [4.78, 5) is 4.41. The van der Waals surface area contributed by atoms with Crippen LogP contribution < -0.4 is 0 Å². The van der Waals surface area contributed by atoms with Gasteiger partial charge in [0.2, 0.25) is 0 Å². The number of imidazole rings is 1. The van der Waals surface area contributed by atoms with Gasteiger partial charge in [0, 0.05) is 11.8 Å². The summed E-state index contributed by atoms with van der Waals surface area (Å²) < 4.78 is 29.6. The van der Waals surface area contributed by atoms with Gasteiger partial charge >= 0.3 is 0 Å². The van der Waals surface area contributed by atoms with Crippen molar-refractivity contribution in [3.63, 3.8) is 0 Å². The summed E-state index contributed by atoms with van der Waals surface area (Å²) in [5.74, 6) is -0.771. The van der Waals surface area contributed by atoms with Gasteiger partial charge in [-0.25, -0.2) is 13.8 Å². The average Bonchev–Trinajstić information content (AvgIpc) is 3.02. The van der Waals surface area contributed by atoms with Crippen LogP contribution in [0.2, 0.25) is 0 Å². The zero-order valence-electron chi connectivity index (χ0n) is 13.9. The molecule has 2 aromatic heterocycles. The number of nitrogens with zero attached hydrogens (tertiary/aromatic N) is 4. The van der Waals surface area contributed by atoms with Gasteiger partial charge in [0.1, 0.15) is 23.0 Å². The monoisotopic (exact) mass is 348 g/mol. The first-order valence-electron chi connectivity index (χ1n) is 8.03. The highest BCUT2D eigenvalue weighted by molar-refractivity contribution is 5.74. The Bertz CT molecular complexity index is 1110. The number of pyridine rings is 1. The van der Waals surface area contributed by atoms with E-state index in [1.54, 1.807) is 16.7 Å².